The van der Waals surface area contributed by atoms with Gasteiger partial charge in [0.2, 0.25) is 5.88 Å². The predicted octanol–water partition coefficient (Wildman–Crippen LogP) is 3.53. The average Bonchev–Trinajstić information content (AvgIpc) is 3.15. The van der Waals surface area contributed by atoms with E-state index < -0.39 is 12.8 Å². The maximum atomic E-state index is 12.3. The Morgan fingerprint density at radius 2 is 1.96 bits per heavy atom. The van der Waals surface area contributed by atoms with E-state index in [1.807, 2.05) is 24.3 Å². The maximum Gasteiger partial charge on any atom is 0.422 e. The Morgan fingerprint density at radius 1 is 1.19 bits per heavy atom. The summed E-state index contributed by atoms with van der Waals surface area (Å²) in [5.74, 6) is 0.219. The normalized spacial score (nSPS) is 17.3. The second-order valence-electron chi connectivity index (χ2n) is 6.32. The quantitative estimate of drug-likeness (QED) is 0.797. The molecule has 0 saturated carbocycles. The SMILES string of the molecule is O=C(Cc1ccc([C@@H]2CCNC2)cc1)c1ccc(OCC(F)(F)F)nc1. The molecule has 3 rings (SSSR count). The molecule has 138 valence electrons. The molecule has 0 spiro atoms. The zero-order valence-corrected chi connectivity index (χ0v) is 14.1. The molecular formula is C19H19F3N2O2. The summed E-state index contributed by atoms with van der Waals surface area (Å²) in [5.41, 5.74) is 2.49. The first-order chi connectivity index (χ1) is 12.4. The Bertz CT molecular complexity index is 737. The van der Waals surface area contributed by atoms with Gasteiger partial charge in [0, 0.05) is 30.8 Å². The monoisotopic (exact) mass is 364 g/mol. The lowest BCUT2D eigenvalue weighted by molar-refractivity contribution is -0.154. The van der Waals surface area contributed by atoms with Crippen molar-refractivity contribution in [2.45, 2.75) is 24.9 Å². The van der Waals surface area contributed by atoms with Crippen LogP contribution in [-0.2, 0) is 6.42 Å². The van der Waals surface area contributed by atoms with E-state index in [1.54, 1.807) is 0 Å². The molecular weight excluding hydrogens is 345 g/mol. The molecule has 0 unspecified atom stereocenters. The fourth-order valence-electron chi connectivity index (χ4n) is 2.92. The summed E-state index contributed by atoms with van der Waals surface area (Å²) in [6, 6.07) is 10.7. The smallest absolute Gasteiger partial charge is 0.422 e. The molecule has 4 nitrogen and oxygen atoms in total. The lowest BCUT2D eigenvalue weighted by Gasteiger charge is -2.10. The molecule has 26 heavy (non-hydrogen) atoms. The standard InChI is InChI=1S/C19H19F3N2O2/c20-19(21,22)12-26-18-6-5-16(11-24-18)17(25)9-13-1-3-14(4-2-13)15-7-8-23-10-15/h1-6,11,15,23H,7-10,12H2/t15-/m1/s1. The molecule has 1 N–H and O–H groups in total. The zero-order chi connectivity index (χ0) is 18.6. The second-order valence-corrected chi connectivity index (χ2v) is 6.32. The highest BCUT2D eigenvalue weighted by Crippen LogP contribution is 2.23. The van der Waals surface area contributed by atoms with E-state index in [2.05, 4.69) is 15.0 Å². The van der Waals surface area contributed by atoms with Gasteiger partial charge in [0.05, 0.1) is 0 Å². The summed E-state index contributed by atoms with van der Waals surface area (Å²) in [4.78, 5) is 16.1. The van der Waals surface area contributed by atoms with Gasteiger partial charge in [-0.25, -0.2) is 4.98 Å². The van der Waals surface area contributed by atoms with Gasteiger partial charge in [-0.2, -0.15) is 13.2 Å². The largest absolute Gasteiger partial charge is 0.468 e. The van der Waals surface area contributed by atoms with Gasteiger partial charge in [-0.3, -0.25) is 4.79 Å². The number of Topliss-reactive ketones (excluding diaryl/α,β-unsaturated/α-hetero) is 1. The lowest BCUT2D eigenvalue weighted by Crippen LogP contribution is -2.19. The summed E-state index contributed by atoms with van der Waals surface area (Å²) in [6.45, 7) is 0.601. The molecule has 7 heteroatoms. The van der Waals surface area contributed by atoms with Crippen molar-refractivity contribution in [3.63, 3.8) is 0 Å². The van der Waals surface area contributed by atoms with E-state index in [4.69, 9.17) is 0 Å². The van der Waals surface area contributed by atoms with Gasteiger partial charge in [0.1, 0.15) is 0 Å². The Hall–Kier alpha value is -2.41. The van der Waals surface area contributed by atoms with Crippen LogP contribution in [0.15, 0.2) is 42.6 Å². The van der Waals surface area contributed by atoms with Crippen LogP contribution >= 0.6 is 0 Å². The minimum absolute atomic E-state index is 0.143. The van der Waals surface area contributed by atoms with Gasteiger partial charge < -0.3 is 10.1 Å². The maximum absolute atomic E-state index is 12.3. The van der Waals surface area contributed by atoms with Crippen LogP contribution in [0, 0.1) is 0 Å². The van der Waals surface area contributed by atoms with Crippen LogP contribution in [0.1, 0.15) is 33.8 Å². The van der Waals surface area contributed by atoms with Gasteiger partial charge in [0.25, 0.3) is 0 Å². The zero-order valence-electron chi connectivity index (χ0n) is 14.1. The number of carbonyl (C=O) groups is 1. The van der Waals surface area contributed by atoms with Gasteiger partial charge in [-0.1, -0.05) is 24.3 Å². The molecule has 1 aliphatic rings. The number of ketones is 1. The molecule has 1 aliphatic heterocycles. The number of ether oxygens (including phenoxy) is 1. The third-order valence-electron chi connectivity index (χ3n) is 4.32. The van der Waals surface area contributed by atoms with Gasteiger partial charge in [-0.05, 0) is 36.1 Å². The van der Waals surface area contributed by atoms with Crippen LogP contribution < -0.4 is 10.1 Å². The first-order valence-corrected chi connectivity index (χ1v) is 8.39. The number of alkyl halides is 3. The van der Waals surface area contributed by atoms with E-state index in [0.717, 1.165) is 25.1 Å². The van der Waals surface area contributed by atoms with Gasteiger partial charge in [0.15, 0.2) is 12.4 Å². The van der Waals surface area contributed by atoms with Crippen molar-refractivity contribution < 1.29 is 22.7 Å². The topological polar surface area (TPSA) is 51.2 Å². The predicted molar refractivity (Wildman–Crippen MR) is 90.5 cm³/mol. The lowest BCUT2D eigenvalue weighted by atomic mass is 9.96. The van der Waals surface area contributed by atoms with Crippen LogP contribution in [0.4, 0.5) is 13.2 Å². The Kier molecular flexibility index (Phi) is 5.56. The highest BCUT2D eigenvalue weighted by Gasteiger charge is 2.28. The highest BCUT2D eigenvalue weighted by atomic mass is 19.4. The fraction of sp³-hybridized carbons (Fsp3) is 0.368. The molecule has 0 amide bonds. The average molecular weight is 364 g/mol. The number of nitrogens with one attached hydrogen (secondary N) is 1. The Morgan fingerprint density at radius 3 is 2.54 bits per heavy atom. The Labute approximate surface area is 149 Å². The summed E-state index contributed by atoms with van der Waals surface area (Å²) in [5, 5.41) is 3.33. The van der Waals surface area contributed by atoms with E-state index in [-0.39, 0.29) is 18.1 Å². The van der Waals surface area contributed by atoms with Gasteiger partial charge >= 0.3 is 6.18 Å². The van der Waals surface area contributed by atoms with Gasteiger partial charge in [-0.15, -0.1) is 0 Å². The number of nitrogens with zero attached hydrogens (tertiary/aromatic N) is 1. The first kappa shape index (κ1) is 18.4. The van der Waals surface area contributed by atoms with Crippen molar-refractivity contribution in [3.8, 4) is 5.88 Å². The van der Waals surface area contributed by atoms with E-state index in [0.29, 0.717) is 11.5 Å². The summed E-state index contributed by atoms with van der Waals surface area (Å²) >= 11 is 0. The van der Waals surface area contributed by atoms with E-state index >= 15 is 0 Å². The van der Waals surface area contributed by atoms with Crippen LogP contribution in [-0.4, -0.2) is 36.6 Å². The van der Waals surface area contributed by atoms with E-state index in [9.17, 15) is 18.0 Å². The van der Waals surface area contributed by atoms with Crippen LogP contribution in [0.3, 0.4) is 0 Å². The number of aromatic nitrogens is 1. The summed E-state index contributed by atoms with van der Waals surface area (Å²) < 4.78 is 40.9. The molecule has 0 bridgehead atoms. The van der Waals surface area contributed by atoms with Crippen molar-refractivity contribution >= 4 is 5.78 Å². The van der Waals surface area contributed by atoms with Crippen molar-refractivity contribution in [1.82, 2.24) is 10.3 Å². The third kappa shape index (κ3) is 5.05. The van der Waals surface area contributed by atoms with Crippen molar-refractivity contribution in [1.29, 1.82) is 0 Å². The fourth-order valence-corrected chi connectivity index (χ4v) is 2.92. The van der Waals surface area contributed by atoms with Crippen molar-refractivity contribution in [2.75, 3.05) is 19.7 Å². The third-order valence-corrected chi connectivity index (χ3v) is 4.32. The molecule has 1 atom stereocenters. The molecule has 1 fully saturated rings. The second kappa shape index (κ2) is 7.86. The number of pyridine rings is 1. The molecule has 2 heterocycles. The van der Waals surface area contributed by atoms with E-state index in [1.165, 1.54) is 23.9 Å². The number of hydrogen-bond acceptors (Lipinski definition) is 4. The molecule has 1 saturated heterocycles. The molecule has 0 radical (unpaired) electrons. The number of benzene rings is 1. The molecule has 1 aromatic carbocycles. The number of rotatable bonds is 6. The number of hydrogen-bond donors (Lipinski definition) is 1. The minimum atomic E-state index is -4.42. The highest BCUT2D eigenvalue weighted by molar-refractivity contribution is 5.97. The summed E-state index contributed by atoms with van der Waals surface area (Å²) in [7, 11) is 0. The molecule has 1 aromatic heterocycles. The molecule has 2 aromatic rings. The van der Waals surface area contributed by atoms with Crippen LogP contribution in [0.25, 0.3) is 0 Å². The number of carbonyl (C=O) groups excluding carboxylic acids is 1. The minimum Gasteiger partial charge on any atom is -0.468 e. The first-order valence-electron chi connectivity index (χ1n) is 8.39. The molecule has 0 aliphatic carbocycles. The van der Waals surface area contributed by atoms with Crippen molar-refractivity contribution in [2.24, 2.45) is 0 Å². The summed E-state index contributed by atoms with van der Waals surface area (Å²) in [6.07, 6.45) is -1.84. The van der Waals surface area contributed by atoms with Crippen LogP contribution in [0.2, 0.25) is 0 Å². The van der Waals surface area contributed by atoms with Crippen LogP contribution in [0.5, 0.6) is 5.88 Å². The number of halogens is 3. The Balaban J connectivity index is 1.57. The van der Waals surface area contributed by atoms with Crippen molar-refractivity contribution in [3.05, 3.63) is 59.3 Å².